The van der Waals surface area contributed by atoms with E-state index in [-0.39, 0.29) is 13.0 Å². The highest BCUT2D eigenvalue weighted by Crippen LogP contribution is 2.18. The van der Waals surface area contributed by atoms with Crippen LogP contribution in [-0.4, -0.2) is 54.4 Å². The predicted octanol–water partition coefficient (Wildman–Crippen LogP) is 1.71. The molecule has 0 aromatic rings. The lowest BCUT2D eigenvalue weighted by molar-refractivity contribution is -0.148. The van der Waals surface area contributed by atoms with Crippen LogP contribution >= 0.6 is 0 Å². The van der Waals surface area contributed by atoms with Crippen LogP contribution < -0.4 is 5.32 Å². The Balaban J connectivity index is 4.47. The molecule has 0 saturated carbocycles. The highest BCUT2D eigenvalue weighted by molar-refractivity contribution is 5.78. The molecular weight excluding hydrogens is 249 g/mol. The normalized spacial score (nSPS) is 15.7. The van der Waals surface area contributed by atoms with Crippen molar-refractivity contribution in [2.24, 2.45) is 0 Å². The zero-order chi connectivity index (χ0) is 14.4. The maximum atomic E-state index is 12.3. The summed E-state index contributed by atoms with van der Waals surface area (Å²) in [4.78, 5) is 12.2. The molecule has 0 spiro atoms. The molecule has 108 valence electrons. The van der Waals surface area contributed by atoms with Crippen molar-refractivity contribution in [3.8, 4) is 0 Å². The van der Waals surface area contributed by atoms with E-state index in [1.165, 1.54) is 18.9 Å². The van der Waals surface area contributed by atoms with Crippen LogP contribution in [0.15, 0.2) is 0 Å². The average Bonchev–Trinajstić information content (AvgIpc) is 2.23. The smallest absolute Gasteiger partial charge is 0.401 e. The number of halogens is 3. The first-order valence-electron chi connectivity index (χ1n) is 5.86. The number of hydrogen-bond donors (Lipinski definition) is 2. The first-order chi connectivity index (χ1) is 8.14. The topological polar surface area (TPSA) is 52.6 Å². The van der Waals surface area contributed by atoms with E-state index in [9.17, 15) is 18.0 Å². The van der Waals surface area contributed by atoms with Crippen LogP contribution in [0, 0.1) is 0 Å². The molecule has 0 fully saturated rings. The van der Waals surface area contributed by atoms with Crippen molar-refractivity contribution in [2.75, 3.05) is 26.7 Å². The molecule has 4 nitrogen and oxygen atoms in total. The van der Waals surface area contributed by atoms with Gasteiger partial charge in [-0.15, -0.1) is 0 Å². The molecule has 0 amide bonds. The summed E-state index contributed by atoms with van der Waals surface area (Å²) in [5.74, 6) is -1.06. The van der Waals surface area contributed by atoms with E-state index in [1.54, 1.807) is 6.92 Å². The largest absolute Gasteiger partial charge is 0.480 e. The van der Waals surface area contributed by atoms with E-state index in [0.717, 1.165) is 0 Å². The van der Waals surface area contributed by atoms with E-state index in [1.807, 2.05) is 0 Å². The minimum Gasteiger partial charge on any atom is -0.480 e. The van der Waals surface area contributed by atoms with E-state index < -0.39 is 24.2 Å². The molecule has 0 aliphatic heterocycles. The van der Waals surface area contributed by atoms with Crippen molar-refractivity contribution in [1.82, 2.24) is 10.2 Å². The lowest BCUT2D eigenvalue weighted by atomic mass is 9.98. The van der Waals surface area contributed by atoms with Gasteiger partial charge in [0.05, 0.1) is 6.54 Å². The summed E-state index contributed by atoms with van der Waals surface area (Å²) in [6.45, 7) is 2.65. The molecule has 0 bridgehead atoms. The van der Waals surface area contributed by atoms with Crippen molar-refractivity contribution in [1.29, 1.82) is 0 Å². The first kappa shape index (κ1) is 17.2. The van der Waals surface area contributed by atoms with Crippen LogP contribution in [0.3, 0.4) is 0 Å². The average molecular weight is 270 g/mol. The second kappa shape index (κ2) is 6.94. The number of hydrogen-bond acceptors (Lipinski definition) is 3. The third-order valence-electron chi connectivity index (χ3n) is 2.89. The lowest BCUT2D eigenvalue weighted by Crippen LogP contribution is -2.50. The minimum absolute atomic E-state index is 0.0942. The van der Waals surface area contributed by atoms with Gasteiger partial charge in [-0.2, -0.15) is 13.2 Å². The monoisotopic (exact) mass is 270 g/mol. The van der Waals surface area contributed by atoms with Crippen molar-refractivity contribution < 1.29 is 23.1 Å². The zero-order valence-electron chi connectivity index (χ0n) is 11.0. The number of rotatable bonds is 8. The molecule has 1 unspecified atom stereocenters. The number of alkyl halides is 3. The van der Waals surface area contributed by atoms with Gasteiger partial charge in [-0.25, -0.2) is 0 Å². The molecule has 7 heteroatoms. The van der Waals surface area contributed by atoms with Crippen molar-refractivity contribution in [2.45, 2.75) is 38.4 Å². The van der Waals surface area contributed by atoms with Gasteiger partial charge >= 0.3 is 12.1 Å². The van der Waals surface area contributed by atoms with Crippen LogP contribution in [0.2, 0.25) is 0 Å². The maximum absolute atomic E-state index is 12.3. The van der Waals surface area contributed by atoms with Gasteiger partial charge in [-0.3, -0.25) is 9.69 Å². The van der Waals surface area contributed by atoms with Gasteiger partial charge in [0, 0.05) is 6.54 Å². The quantitative estimate of drug-likeness (QED) is 0.705. The highest BCUT2D eigenvalue weighted by atomic mass is 19.4. The summed E-state index contributed by atoms with van der Waals surface area (Å²) in [6.07, 6.45) is -3.54. The van der Waals surface area contributed by atoms with E-state index in [0.29, 0.717) is 13.0 Å². The number of likely N-dealkylation sites (N-methyl/N-ethyl adjacent to an activating group) is 1. The Hall–Kier alpha value is -0.820. The highest BCUT2D eigenvalue weighted by Gasteiger charge is 2.34. The van der Waals surface area contributed by atoms with E-state index >= 15 is 0 Å². The Morgan fingerprint density at radius 3 is 2.22 bits per heavy atom. The summed E-state index contributed by atoms with van der Waals surface area (Å²) < 4.78 is 36.9. The van der Waals surface area contributed by atoms with Crippen LogP contribution in [0.1, 0.15) is 26.7 Å². The van der Waals surface area contributed by atoms with Gasteiger partial charge in [0.1, 0.15) is 5.54 Å². The third kappa shape index (κ3) is 6.20. The molecule has 1 atom stereocenters. The SMILES string of the molecule is CCCN(CCC(C)(NC)C(=O)O)CC(F)(F)F. The van der Waals surface area contributed by atoms with Gasteiger partial charge in [0.15, 0.2) is 0 Å². The number of nitrogens with one attached hydrogen (secondary N) is 1. The van der Waals surface area contributed by atoms with Crippen molar-refractivity contribution >= 4 is 5.97 Å². The molecule has 0 heterocycles. The molecule has 0 saturated heterocycles. The fraction of sp³-hybridized carbons (Fsp3) is 0.909. The second-order valence-electron chi connectivity index (χ2n) is 4.53. The standard InChI is InChI=1S/C11H21F3N2O2/c1-4-6-16(8-11(12,13)14)7-5-10(2,15-3)9(17)18/h15H,4-8H2,1-3H3,(H,17,18). The fourth-order valence-electron chi connectivity index (χ4n) is 1.56. The minimum atomic E-state index is -4.26. The fourth-order valence-corrected chi connectivity index (χ4v) is 1.56. The summed E-state index contributed by atoms with van der Waals surface area (Å²) in [7, 11) is 1.49. The summed E-state index contributed by atoms with van der Waals surface area (Å²) >= 11 is 0. The van der Waals surface area contributed by atoms with Crippen LogP contribution in [0.5, 0.6) is 0 Å². The number of aliphatic carboxylic acids is 1. The lowest BCUT2D eigenvalue weighted by Gasteiger charge is -2.29. The molecule has 0 aromatic carbocycles. The summed E-state index contributed by atoms with van der Waals surface area (Å²) in [6, 6.07) is 0. The van der Waals surface area contributed by atoms with Gasteiger partial charge in [-0.05, 0) is 33.4 Å². The van der Waals surface area contributed by atoms with E-state index in [4.69, 9.17) is 5.11 Å². The zero-order valence-corrected chi connectivity index (χ0v) is 11.0. The Kier molecular flexibility index (Phi) is 6.62. The van der Waals surface area contributed by atoms with Crippen LogP contribution in [0.25, 0.3) is 0 Å². The Morgan fingerprint density at radius 1 is 1.33 bits per heavy atom. The Bertz CT molecular complexity index is 272. The summed E-state index contributed by atoms with van der Waals surface area (Å²) in [5.41, 5.74) is -1.20. The van der Waals surface area contributed by atoms with Gasteiger partial charge < -0.3 is 10.4 Å². The molecular formula is C11H21F3N2O2. The molecule has 18 heavy (non-hydrogen) atoms. The second-order valence-corrected chi connectivity index (χ2v) is 4.53. The molecule has 0 aliphatic carbocycles. The van der Waals surface area contributed by atoms with Crippen molar-refractivity contribution in [3.05, 3.63) is 0 Å². The van der Waals surface area contributed by atoms with Gasteiger partial charge in [0.25, 0.3) is 0 Å². The van der Waals surface area contributed by atoms with Gasteiger partial charge in [0.2, 0.25) is 0 Å². The maximum Gasteiger partial charge on any atom is 0.401 e. The molecule has 0 aliphatic rings. The number of carboxylic acids is 1. The predicted molar refractivity (Wildman–Crippen MR) is 62.5 cm³/mol. The van der Waals surface area contributed by atoms with Crippen molar-refractivity contribution in [3.63, 3.8) is 0 Å². The molecule has 2 N–H and O–H groups in total. The number of nitrogens with zero attached hydrogens (tertiary/aromatic N) is 1. The summed E-state index contributed by atoms with van der Waals surface area (Å²) in [5, 5.41) is 11.6. The Labute approximate surface area is 105 Å². The van der Waals surface area contributed by atoms with Crippen LogP contribution in [-0.2, 0) is 4.79 Å². The van der Waals surface area contributed by atoms with Gasteiger partial charge in [-0.1, -0.05) is 6.92 Å². The number of carboxylic acid groups (broad SMARTS) is 1. The Morgan fingerprint density at radius 2 is 1.89 bits per heavy atom. The van der Waals surface area contributed by atoms with E-state index in [2.05, 4.69) is 5.32 Å². The molecule has 0 rings (SSSR count). The first-order valence-corrected chi connectivity index (χ1v) is 5.86. The number of carbonyl (C=O) groups is 1. The molecule has 0 aromatic heterocycles. The third-order valence-corrected chi connectivity index (χ3v) is 2.89. The van der Waals surface area contributed by atoms with Crippen LogP contribution in [0.4, 0.5) is 13.2 Å². The molecule has 0 radical (unpaired) electrons.